The number of amides is 1. The molecule has 1 aliphatic heterocycles. The average molecular weight is 526 g/mol. The first kappa shape index (κ1) is 21.8. The van der Waals surface area contributed by atoms with E-state index in [1.165, 1.54) is 23.5 Å². The highest BCUT2D eigenvalue weighted by molar-refractivity contribution is 9.10. The van der Waals surface area contributed by atoms with Crippen LogP contribution in [-0.2, 0) is 4.79 Å². The molecule has 0 spiro atoms. The highest BCUT2D eigenvalue weighted by Gasteiger charge is 2.29. The van der Waals surface area contributed by atoms with Crippen LogP contribution in [0.25, 0.3) is 5.57 Å². The van der Waals surface area contributed by atoms with Crippen molar-refractivity contribution >= 4 is 50.4 Å². The zero-order valence-electron chi connectivity index (χ0n) is 17.5. The minimum atomic E-state index is -1.03. The second kappa shape index (κ2) is 8.72. The second-order valence-corrected chi connectivity index (χ2v) is 10.0. The maximum absolute atomic E-state index is 12.8. The zero-order chi connectivity index (χ0) is 23.1. The van der Waals surface area contributed by atoms with E-state index in [2.05, 4.69) is 20.9 Å². The van der Waals surface area contributed by atoms with Crippen molar-refractivity contribution in [2.24, 2.45) is 9.98 Å². The third-order valence-electron chi connectivity index (χ3n) is 5.98. The van der Waals surface area contributed by atoms with Crippen LogP contribution >= 0.6 is 27.3 Å². The first-order valence-electron chi connectivity index (χ1n) is 10.7. The van der Waals surface area contributed by atoms with Crippen LogP contribution in [0.15, 0.2) is 56.9 Å². The molecule has 1 fully saturated rings. The summed E-state index contributed by atoms with van der Waals surface area (Å²) in [6.45, 7) is 0. The SMILES string of the molecule is O=C1N=c2ccc(Br)cc2=C1c1sc(=Nc2cccc(C(=O)O)c2)n(C2CCCCC2)c1O. The maximum atomic E-state index is 12.8. The Morgan fingerprint density at radius 3 is 2.70 bits per heavy atom. The van der Waals surface area contributed by atoms with Gasteiger partial charge in [-0.3, -0.25) is 9.36 Å². The predicted molar refractivity (Wildman–Crippen MR) is 127 cm³/mol. The summed E-state index contributed by atoms with van der Waals surface area (Å²) >= 11 is 4.68. The number of rotatable bonds is 4. The van der Waals surface area contributed by atoms with Crippen molar-refractivity contribution in [3.8, 4) is 5.88 Å². The van der Waals surface area contributed by atoms with Crippen molar-refractivity contribution in [3.63, 3.8) is 0 Å². The van der Waals surface area contributed by atoms with Crippen molar-refractivity contribution in [2.45, 2.75) is 38.1 Å². The Hall–Kier alpha value is -3.04. The number of nitrogens with zero attached hydrogens (tertiary/aromatic N) is 3. The smallest absolute Gasteiger partial charge is 0.335 e. The quantitative estimate of drug-likeness (QED) is 0.540. The maximum Gasteiger partial charge on any atom is 0.335 e. The Labute approximate surface area is 201 Å². The molecule has 33 heavy (non-hydrogen) atoms. The molecular formula is C24H20BrN3O4S. The van der Waals surface area contributed by atoms with Gasteiger partial charge in [0.05, 0.1) is 22.2 Å². The van der Waals surface area contributed by atoms with Crippen LogP contribution in [-0.4, -0.2) is 26.7 Å². The molecule has 0 unspecified atom stereocenters. The van der Waals surface area contributed by atoms with Gasteiger partial charge in [-0.15, -0.1) is 0 Å². The fourth-order valence-electron chi connectivity index (χ4n) is 4.42. The molecule has 5 rings (SSSR count). The van der Waals surface area contributed by atoms with Crippen LogP contribution in [0.4, 0.5) is 5.69 Å². The van der Waals surface area contributed by atoms with Crippen LogP contribution in [0, 0.1) is 0 Å². The van der Waals surface area contributed by atoms with Gasteiger partial charge in [-0.05, 0) is 49.2 Å². The molecule has 2 aliphatic rings. The number of fused-ring (bicyclic) bond motifs is 1. The number of carboxylic acid groups (broad SMARTS) is 1. The number of benzene rings is 2. The number of aromatic carboxylic acids is 1. The summed E-state index contributed by atoms with van der Waals surface area (Å²) < 4.78 is 2.62. The highest BCUT2D eigenvalue weighted by atomic mass is 79.9. The number of carbonyl (C=O) groups excluding carboxylic acids is 1. The lowest BCUT2D eigenvalue weighted by atomic mass is 9.95. The van der Waals surface area contributed by atoms with E-state index < -0.39 is 11.9 Å². The first-order valence-corrected chi connectivity index (χ1v) is 12.3. The molecule has 2 N–H and O–H groups in total. The monoisotopic (exact) mass is 525 g/mol. The third-order valence-corrected chi connectivity index (χ3v) is 7.53. The molecule has 0 radical (unpaired) electrons. The standard InChI is InChI=1S/C24H20BrN3O4S/c25-14-9-10-18-17(12-14)19(21(29)27-18)20-22(30)28(16-7-2-1-3-8-16)24(33-20)26-15-6-4-5-13(11-15)23(31)32/h4-6,9-12,16,30H,1-3,7-8H2,(H,31,32). The van der Waals surface area contributed by atoms with Gasteiger partial charge in [-0.1, -0.05) is 52.6 Å². The number of halogens is 1. The number of carbonyl (C=O) groups is 2. The molecule has 7 nitrogen and oxygen atoms in total. The van der Waals surface area contributed by atoms with E-state index in [9.17, 15) is 19.8 Å². The summed E-state index contributed by atoms with van der Waals surface area (Å²) in [6, 6.07) is 11.9. The van der Waals surface area contributed by atoms with E-state index in [-0.39, 0.29) is 17.5 Å². The van der Waals surface area contributed by atoms with Gasteiger partial charge in [0.25, 0.3) is 5.91 Å². The van der Waals surface area contributed by atoms with Crippen LogP contribution < -0.4 is 15.4 Å². The highest BCUT2D eigenvalue weighted by Crippen LogP contribution is 2.36. The second-order valence-electron chi connectivity index (χ2n) is 8.12. The van der Waals surface area contributed by atoms with Gasteiger partial charge in [-0.2, -0.15) is 0 Å². The fourth-order valence-corrected chi connectivity index (χ4v) is 5.94. The van der Waals surface area contributed by atoms with Crippen molar-refractivity contribution in [1.29, 1.82) is 0 Å². The first-order chi connectivity index (χ1) is 15.9. The van der Waals surface area contributed by atoms with Gasteiger partial charge in [-0.25, -0.2) is 14.8 Å². The Balaban J connectivity index is 1.76. The molecular weight excluding hydrogens is 506 g/mol. The number of carboxylic acids is 1. The van der Waals surface area contributed by atoms with Crippen LogP contribution in [0.2, 0.25) is 0 Å². The molecule has 1 saturated carbocycles. The van der Waals surface area contributed by atoms with Gasteiger partial charge in [0, 0.05) is 15.7 Å². The molecule has 0 bridgehead atoms. The average Bonchev–Trinajstić information content (AvgIpc) is 3.29. The lowest BCUT2D eigenvalue weighted by Crippen LogP contribution is -2.23. The molecule has 168 valence electrons. The van der Waals surface area contributed by atoms with Gasteiger partial charge in [0.15, 0.2) is 4.80 Å². The van der Waals surface area contributed by atoms with E-state index in [0.717, 1.165) is 36.6 Å². The van der Waals surface area contributed by atoms with Crippen molar-refractivity contribution < 1.29 is 19.8 Å². The summed E-state index contributed by atoms with van der Waals surface area (Å²) in [5, 5.41) is 21.9. The number of hydrogen-bond donors (Lipinski definition) is 2. The number of aromatic hydroxyl groups is 1. The Bertz CT molecular complexity index is 1480. The topological polar surface area (TPSA) is 104 Å². The summed E-state index contributed by atoms with van der Waals surface area (Å²) in [4.78, 5) is 34.0. The fraction of sp³-hybridized carbons (Fsp3) is 0.250. The number of aromatic nitrogens is 1. The lowest BCUT2D eigenvalue weighted by Gasteiger charge is -2.23. The Morgan fingerprint density at radius 1 is 1.15 bits per heavy atom. The largest absolute Gasteiger partial charge is 0.493 e. The van der Waals surface area contributed by atoms with Crippen LogP contribution in [0.5, 0.6) is 5.88 Å². The summed E-state index contributed by atoms with van der Waals surface area (Å²) in [7, 11) is 0. The van der Waals surface area contributed by atoms with E-state index in [4.69, 9.17) is 4.99 Å². The minimum absolute atomic E-state index is 0.00594. The van der Waals surface area contributed by atoms with Gasteiger partial charge < -0.3 is 10.2 Å². The summed E-state index contributed by atoms with van der Waals surface area (Å²) in [5.41, 5.74) is 0.973. The predicted octanol–water partition coefficient (Wildman–Crippen LogP) is 3.81. The van der Waals surface area contributed by atoms with Crippen molar-refractivity contribution in [1.82, 2.24) is 4.57 Å². The lowest BCUT2D eigenvalue weighted by molar-refractivity contribution is -0.112. The van der Waals surface area contributed by atoms with Gasteiger partial charge in [0.1, 0.15) is 4.88 Å². The zero-order valence-corrected chi connectivity index (χ0v) is 19.9. The molecule has 9 heteroatoms. The number of hydrogen-bond acceptors (Lipinski definition) is 5. The molecule has 2 heterocycles. The normalized spacial score (nSPS) is 16.7. The minimum Gasteiger partial charge on any atom is -0.493 e. The van der Waals surface area contributed by atoms with Gasteiger partial charge in [0.2, 0.25) is 5.88 Å². The number of thiazole rings is 1. The summed E-state index contributed by atoms with van der Waals surface area (Å²) in [6.07, 6.45) is 5.07. The van der Waals surface area contributed by atoms with Crippen molar-refractivity contribution in [3.05, 3.63) is 72.8 Å². The molecule has 1 amide bonds. The molecule has 1 aliphatic carbocycles. The van der Waals surface area contributed by atoms with Crippen LogP contribution in [0.1, 0.15) is 53.4 Å². The van der Waals surface area contributed by atoms with E-state index in [0.29, 0.717) is 31.5 Å². The van der Waals surface area contributed by atoms with Crippen molar-refractivity contribution in [2.75, 3.05) is 0 Å². The van der Waals surface area contributed by atoms with E-state index in [1.807, 2.05) is 16.7 Å². The molecule has 3 aromatic rings. The van der Waals surface area contributed by atoms with Gasteiger partial charge >= 0.3 is 5.97 Å². The molecule has 1 aromatic heterocycles. The van der Waals surface area contributed by atoms with E-state index >= 15 is 0 Å². The summed E-state index contributed by atoms with van der Waals surface area (Å²) in [5.74, 6) is -1.42. The Morgan fingerprint density at radius 2 is 1.94 bits per heavy atom. The van der Waals surface area contributed by atoms with Crippen LogP contribution in [0.3, 0.4) is 0 Å². The third kappa shape index (κ3) is 4.06. The molecule has 2 aromatic carbocycles. The Kier molecular flexibility index (Phi) is 5.76. The molecule has 0 saturated heterocycles. The molecule has 0 atom stereocenters. The van der Waals surface area contributed by atoms with E-state index in [1.54, 1.807) is 18.2 Å².